The Bertz CT molecular complexity index is 392. The molecule has 0 atom stereocenters. The van der Waals surface area contributed by atoms with E-state index in [1.54, 1.807) is 0 Å². The van der Waals surface area contributed by atoms with Crippen LogP contribution in [-0.4, -0.2) is 4.57 Å². The first kappa shape index (κ1) is 8.94. The SMILES string of the molecule is Cl.Cn1ccc2c(N)cccc21. The van der Waals surface area contributed by atoms with E-state index in [0.717, 1.165) is 11.1 Å². The maximum atomic E-state index is 5.76. The Morgan fingerprint density at radius 1 is 1.25 bits per heavy atom. The minimum atomic E-state index is 0. The molecule has 0 aliphatic carbocycles. The molecule has 2 aromatic rings. The zero-order chi connectivity index (χ0) is 7.84. The van der Waals surface area contributed by atoms with Crippen molar-refractivity contribution in [3.8, 4) is 0 Å². The summed E-state index contributed by atoms with van der Waals surface area (Å²) >= 11 is 0. The lowest BCUT2D eigenvalue weighted by molar-refractivity contribution is 0.969. The van der Waals surface area contributed by atoms with Crippen LogP contribution in [0.25, 0.3) is 10.9 Å². The minimum absolute atomic E-state index is 0. The van der Waals surface area contributed by atoms with Gasteiger partial charge in [0, 0.05) is 29.8 Å². The first-order valence-electron chi connectivity index (χ1n) is 3.58. The van der Waals surface area contributed by atoms with Gasteiger partial charge in [0.2, 0.25) is 0 Å². The lowest BCUT2D eigenvalue weighted by Crippen LogP contribution is -1.86. The van der Waals surface area contributed by atoms with Crippen LogP contribution >= 0.6 is 12.4 Å². The number of benzene rings is 1. The molecule has 1 aromatic carbocycles. The first-order chi connectivity index (χ1) is 5.29. The molecule has 2 rings (SSSR count). The predicted molar refractivity (Wildman–Crippen MR) is 54.6 cm³/mol. The molecule has 0 spiro atoms. The normalized spacial score (nSPS) is 9.75. The number of aromatic nitrogens is 1. The molecular formula is C9H11ClN2. The van der Waals surface area contributed by atoms with Gasteiger partial charge in [-0.05, 0) is 18.2 Å². The van der Waals surface area contributed by atoms with Crippen LogP contribution in [0.4, 0.5) is 5.69 Å². The van der Waals surface area contributed by atoms with Crippen LogP contribution in [0.1, 0.15) is 0 Å². The molecule has 3 heteroatoms. The monoisotopic (exact) mass is 182 g/mol. The highest BCUT2D eigenvalue weighted by Crippen LogP contribution is 2.20. The van der Waals surface area contributed by atoms with Gasteiger partial charge in [0.1, 0.15) is 0 Å². The van der Waals surface area contributed by atoms with E-state index in [1.807, 2.05) is 31.4 Å². The lowest BCUT2D eigenvalue weighted by atomic mass is 10.2. The van der Waals surface area contributed by atoms with E-state index in [1.165, 1.54) is 5.52 Å². The molecule has 0 saturated heterocycles. The first-order valence-corrected chi connectivity index (χ1v) is 3.58. The summed E-state index contributed by atoms with van der Waals surface area (Å²) in [5.41, 5.74) is 7.79. The fourth-order valence-corrected chi connectivity index (χ4v) is 1.33. The van der Waals surface area contributed by atoms with Crippen molar-refractivity contribution in [2.24, 2.45) is 7.05 Å². The summed E-state index contributed by atoms with van der Waals surface area (Å²) < 4.78 is 2.06. The van der Waals surface area contributed by atoms with E-state index in [0.29, 0.717) is 0 Å². The van der Waals surface area contributed by atoms with Gasteiger partial charge < -0.3 is 10.3 Å². The van der Waals surface area contributed by atoms with Crippen LogP contribution in [0.3, 0.4) is 0 Å². The Hall–Kier alpha value is -1.15. The standard InChI is InChI=1S/C9H10N2.ClH/c1-11-6-5-7-8(10)3-2-4-9(7)11;/h2-6H,10H2,1H3;1H. The maximum Gasteiger partial charge on any atom is 0.0498 e. The number of nitrogen functional groups attached to an aromatic ring is 1. The number of aryl methyl sites for hydroxylation is 1. The van der Waals surface area contributed by atoms with E-state index < -0.39 is 0 Å². The van der Waals surface area contributed by atoms with Crippen molar-refractivity contribution in [1.82, 2.24) is 4.57 Å². The van der Waals surface area contributed by atoms with Crippen LogP contribution < -0.4 is 5.73 Å². The smallest absolute Gasteiger partial charge is 0.0498 e. The number of rotatable bonds is 0. The molecule has 0 amide bonds. The van der Waals surface area contributed by atoms with Gasteiger partial charge in [-0.15, -0.1) is 12.4 Å². The van der Waals surface area contributed by atoms with Gasteiger partial charge in [-0.25, -0.2) is 0 Å². The summed E-state index contributed by atoms with van der Waals surface area (Å²) in [6.07, 6.45) is 2.01. The molecule has 12 heavy (non-hydrogen) atoms. The predicted octanol–water partition coefficient (Wildman–Crippen LogP) is 2.18. The summed E-state index contributed by atoms with van der Waals surface area (Å²) in [4.78, 5) is 0. The summed E-state index contributed by atoms with van der Waals surface area (Å²) in [5, 5.41) is 1.13. The number of fused-ring (bicyclic) bond motifs is 1. The molecule has 0 radical (unpaired) electrons. The molecular weight excluding hydrogens is 172 g/mol. The summed E-state index contributed by atoms with van der Waals surface area (Å²) in [6, 6.07) is 7.98. The average molecular weight is 183 g/mol. The van der Waals surface area contributed by atoms with Crippen molar-refractivity contribution < 1.29 is 0 Å². The second-order valence-corrected chi connectivity index (χ2v) is 2.71. The van der Waals surface area contributed by atoms with Gasteiger partial charge in [-0.2, -0.15) is 0 Å². The molecule has 0 saturated carbocycles. The number of anilines is 1. The molecule has 1 heterocycles. The summed E-state index contributed by atoms with van der Waals surface area (Å²) in [7, 11) is 2.02. The molecule has 0 bridgehead atoms. The largest absolute Gasteiger partial charge is 0.398 e. The quantitative estimate of drug-likeness (QED) is 0.623. The number of nitrogens with zero attached hydrogens (tertiary/aromatic N) is 1. The number of hydrogen-bond acceptors (Lipinski definition) is 1. The van der Waals surface area contributed by atoms with E-state index in [4.69, 9.17) is 5.73 Å². The molecule has 2 N–H and O–H groups in total. The second-order valence-electron chi connectivity index (χ2n) is 2.71. The van der Waals surface area contributed by atoms with E-state index >= 15 is 0 Å². The molecule has 2 nitrogen and oxygen atoms in total. The van der Waals surface area contributed by atoms with Gasteiger partial charge in [-0.1, -0.05) is 6.07 Å². The Morgan fingerprint density at radius 3 is 2.67 bits per heavy atom. The Kier molecular flexibility index (Phi) is 2.29. The highest BCUT2D eigenvalue weighted by molar-refractivity contribution is 5.91. The van der Waals surface area contributed by atoms with E-state index in [-0.39, 0.29) is 12.4 Å². The van der Waals surface area contributed by atoms with Gasteiger partial charge in [0.25, 0.3) is 0 Å². The molecule has 0 aliphatic heterocycles. The van der Waals surface area contributed by atoms with Crippen LogP contribution in [0.2, 0.25) is 0 Å². The van der Waals surface area contributed by atoms with Gasteiger partial charge in [0.05, 0.1) is 0 Å². The topological polar surface area (TPSA) is 30.9 Å². The molecule has 0 fully saturated rings. The Labute approximate surface area is 77.4 Å². The molecule has 0 unspecified atom stereocenters. The van der Waals surface area contributed by atoms with Crippen LogP contribution in [0.5, 0.6) is 0 Å². The van der Waals surface area contributed by atoms with E-state index in [9.17, 15) is 0 Å². The van der Waals surface area contributed by atoms with Gasteiger partial charge in [-0.3, -0.25) is 0 Å². The zero-order valence-electron chi connectivity index (χ0n) is 6.82. The van der Waals surface area contributed by atoms with Crippen molar-refractivity contribution in [2.75, 3.05) is 5.73 Å². The second kappa shape index (κ2) is 3.07. The van der Waals surface area contributed by atoms with E-state index in [2.05, 4.69) is 10.6 Å². The summed E-state index contributed by atoms with van der Waals surface area (Å²) in [6.45, 7) is 0. The van der Waals surface area contributed by atoms with Crippen molar-refractivity contribution >= 4 is 29.0 Å². The van der Waals surface area contributed by atoms with Crippen LogP contribution in [-0.2, 0) is 7.05 Å². The highest BCUT2D eigenvalue weighted by atomic mass is 35.5. The third kappa shape index (κ3) is 1.14. The Balaban J connectivity index is 0.000000720. The summed E-state index contributed by atoms with van der Waals surface area (Å²) in [5.74, 6) is 0. The molecule has 64 valence electrons. The third-order valence-corrected chi connectivity index (χ3v) is 1.96. The third-order valence-electron chi connectivity index (χ3n) is 1.96. The lowest BCUT2D eigenvalue weighted by Gasteiger charge is -1.96. The number of halogens is 1. The van der Waals surface area contributed by atoms with Crippen molar-refractivity contribution in [3.05, 3.63) is 30.5 Å². The zero-order valence-corrected chi connectivity index (χ0v) is 7.64. The minimum Gasteiger partial charge on any atom is -0.398 e. The van der Waals surface area contributed by atoms with Crippen LogP contribution in [0, 0.1) is 0 Å². The average Bonchev–Trinajstić information content (AvgIpc) is 2.35. The van der Waals surface area contributed by atoms with Crippen LogP contribution in [0.15, 0.2) is 30.5 Å². The van der Waals surface area contributed by atoms with Gasteiger partial charge in [0.15, 0.2) is 0 Å². The fourth-order valence-electron chi connectivity index (χ4n) is 1.33. The number of hydrogen-bond donors (Lipinski definition) is 1. The van der Waals surface area contributed by atoms with Crippen molar-refractivity contribution in [2.45, 2.75) is 0 Å². The fraction of sp³-hybridized carbons (Fsp3) is 0.111. The van der Waals surface area contributed by atoms with Gasteiger partial charge >= 0.3 is 0 Å². The van der Waals surface area contributed by atoms with Crippen molar-refractivity contribution in [3.63, 3.8) is 0 Å². The molecule has 0 aliphatic rings. The maximum absolute atomic E-state index is 5.76. The highest BCUT2D eigenvalue weighted by Gasteiger charge is 1.98. The molecule has 1 aromatic heterocycles. The number of nitrogens with two attached hydrogens (primary N) is 1. The van der Waals surface area contributed by atoms with Crippen molar-refractivity contribution in [1.29, 1.82) is 0 Å². The Morgan fingerprint density at radius 2 is 2.00 bits per heavy atom.